The van der Waals surface area contributed by atoms with Crippen LogP contribution in [0.2, 0.25) is 0 Å². The van der Waals surface area contributed by atoms with Crippen LogP contribution >= 0.6 is 0 Å². The minimum Gasteiger partial charge on any atom is -0.321 e. The second-order valence-electron chi connectivity index (χ2n) is 4.65. The van der Waals surface area contributed by atoms with Crippen molar-refractivity contribution < 1.29 is 0 Å². The number of aromatic amines is 1. The zero-order chi connectivity index (χ0) is 11.7. The monoisotopic (exact) mass is 228 g/mol. The molecule has 0 amide bonds. The third-order valence-electron chi connectivity index (χ3n) is 3.11. The van der Waals surface area contributed by atoms with Crippen LogP contribution in [0.25, 0.3) is 0 Å². The van der Waals surface area contributed by atoms with E-state index in [2.05, 4.69) is 27.3 Å². The van der Waals surface area contributed by atoms with Crippen molar-refractivity contribution in [3.05, 3.63) is 47.5 Å². The number of rotatable bonds is 4. The highest BCUT2D eigenvalue weighted by Crippen LogP contribution is 2.38. The van der Waals surface area contributed by atoms with E-state index in [0.717, 1.165) is 18.1 Å². The molecule has 1 saturated carbocycles. The van der Waals surface area contributed by atoms with E-state index in [1.165, 1.54) is 18.4 Å². The summed E-state index contributed by atoms with van der Waals surface area (Å²) in [6.45, 7) is 0. The molecule has 1 aromatic carbocycles. The molecule has 17 heavy (non-hydrogen) atoms. The summed E-state index contributed by atoms with van der Waals surface area (Å²) in [6, 6.07) is 10.1. The van der Waals surface area contributed by atoms with Crippen molar-refractivity contribution in [2.24, 2.45) is 5.73 Å². The van der Waals surface area contributed by atoms with Crippen LogP contribution in [0.15, 0.2) is 30.3 Å². The Balaban J connectivity index is 1.70. The third-order valence-corrected chi connectivity index (χ3v) is 3.11. The molecule has 2 aromatic rings. The van der Waals surface area contributed by atoms with Gasteiger partial charge in [-0.2, -0.15) is 5.10 Å². The molecule has 0 bridgehead atoms. The zero-order valence-corrected chi connectivity index (χ0v) is 9.63. The molecule has 1 heterocycles. The summed E-state index contributed by atoms with van der Waals surface area (Å²) in [4.78, 5) is 4.48. The summed E-state index contributed by atoms with van der Waals surface area (Å²) in [5.74, 6) is 2.33. The lowest BCUT2D eigenvalue weighted by Gasteiger charge is -2.06. The lowest BCUT2D eigenvalue weighted by Crippen LogP contribution is -2.15. The van der Waals surface area contributed by atoms with Gasteiger partial charge in [0.1, 0.15) is 5.82 Å². The minimum absolute atomic E-state index is 0.124. The second-order valence-corrected chi connectivity index (χ2v) is 4.65. The maximum atomic E-state index is 6.12. The summed E-state index contributed by atoms with van der Waals surface area (Å²) in [6.07, 6.45) is 3.23. The van der Waals surface area contributed by atoms with Gasteiger partial charge in [-0.05, 0) is 24.8 Å². The Morgan fingerprint density at radius 2 is 2.06 bits per heavy atom. The van der Waals surface area contributed by atoms with Crippen molar-refractivity contribution in [1.29, 1.82) is 0 Å². The van der Waals surface area contributed by atoms with E-state index in [0.29, 0.717) is 5.92 Å². The van der Waals surface area contributed by atoms with E-state index in [1.54, 1.807) is 0 Å². The molecule has 3 N–H and O–H groups in total. The van der Waals surface area contributed by atoms with Gasteiger partial charge in [-0.3, -0.25) is 5.10 Å². The Bertz CT molecular complexity index is 487. The highest BCUT2D eigenvalue weighted by atomic mass is 15.2. The summed E-state index contributed by atoms with van der Waals surface area (Å²) in [5, 5.41) is 7.21. The Hall–Kier alpha value is -1.68. The van der Waals surface area contributed by atoms with Crippen molar-refractivity contribution in [3.8, 4) is 0 Å². The smallest absolute Gasteiger partial charge is 0.167 e. The Morgan fingerprint density at radius 3 is 2.76 bits per heavy atom. The van der Waals surface area contributed by atoms with Crippen molar-refractivity contribution in [2.75, 3.05) is 0 Å². The lowest BCUT2D eigenvalue weighted by atomic mass is 10.1. The maximum Gasteiger partial charge on any atom is 0.167 e. The molecule has 4 heteroatoms. The van der Waals surface area contributed by atoms with E-state index in [1.807, 2.05) is 18.2 Å². The van der Waals surface area contributed by atoms with Gasteiger partial charge in [-0.25, -0.2) is 4.98 Å². The number of hydrogen-bond acceptors (Lipinski definition) is 3. The van der Waals surface area contributed by atoms with Crippen LogP contribution in [-0.4, -0.2) is 15.2 Å². The zero-order valence-electron chi connectivity index (χ0n) is 9.63. The Kier molecular flexibility index (Phi) is 2.65. The average molecular weight is 228 g/mol. The van der Waals surface area contributed by atoms with Crippen molar-refractivity contribution in [3.63, 3.8) is 0 Å². The number of aromatic nitrogens is 3. The van der Waals surface area contributed by atoms with Crippen LogP contribution in [0.3, 0.4) is 0 Å². The van der Waals surface area contributed by atoms with Gasteiger partial charge in [0.15, 0.2) is 5.82 Å². The van der Waals surface area contributed by atoms with Gasteiger partial charge in [0.2, 0.25) is 0 Å². The molecule has 0 unspecified atom stereocenters. The van der Waals surface area contributed by atoms with Crippen molar-refractivity contribution >= 4 is 0 Å². The number of H-pyrrole nitrogens is 1. The highest BCUT2D eigenvalue weighted by Gasteiger charge is 2.27. The van der Waals surface area contributed by atoms with Crippen LogP contribution in [0, 0.1) is 0 Å². The van der Waals surface area contributed by atoms with E-state index < -0.39 is 0 Å². The van der Waals surface area contributed by atoms with Crippen LogP contribution < -0.4 is 5.73 Å². The lowest BCUT2D eigenvalue weighted by molar-refractivity contribution is 0.670. The Morgan fingerprint density at radius 1 is 1.29 bits per heavy atom. The molecule has 0 spiro atoms. The summed E-state index contributed by atoms with van der Waals surface area (Å²) in [5.41, 5.74) is 7.34. The molecule has 0 radical (unpaired) electrons. The molecule has 88 valence electrons. The van der Waals surface area contributed by atoms with Crippen LogP contribution in [0.4, 0.5) is 0 Å². The van der Waals surface area contributed by atoms with Gasteiger partial charge in [0.25, 0.3) is 0 Å². The standard InChI is InChI=1S/C13H16N4/c14-11(8-9-4-2-1-3-5-9)13-15-12(16-17-13)10-6-7-10/h1-5,10-11H,6-8,14H2,(H,15,16,17)/t11-/m1/s1. The second kappa shape index (κ2) is 4.30. The molecular weight excluding hydrogens is 212 g/mol. The number of nitrogens with one attached hydrogen (secondary N) is 1. The van der Waals surface area contributed by atoms with E-state index >= 15 is 0 Å². The minimum atomic E-state index is -0.124. The van der Waals surface area contributed by atoms with Gasteiger partial charge in [0.05, 0.1) is 6.04 Å². The fourth-order valence-corrected chi connectivity index (χ4v) is 1.95. The van der Waals surface area contributed by atoms with Crippen LogP contribution in [-0.2, 0) is 6.42 Å². The number of hydrogen-bond donors (Lipinski definition) is 2. The fourth-order valence-electron chi connectivity index (χ4n) is 1.95. The van der Waals surface area contributed by atoms with Gasteiger partial charge >= 0.3 is 0 Å². The van der Waals surface area contributed by atoms with Gasteiger partial charge in [0, 0.05) is 5.92 Å². The first-order valence-corrected chi connectivity index (χ1v) is 6.04. The fraction of sp³-hybridized carbons (Fsp3) is 0.385. The van der Waals surface area contributed by atoms with E-state index in [4.69, 9.17) is 5.73 Å². The van der Waals surface area contributed by atoms with Crippen molar-refractivity contribution in [1.82, 2.24) is 15.2 Å². The maximum absolute atomic E-state index is 6.12. The summed E-state index contributed by atoms with van der Waals surface area (Å²) >= 11 is 0. The van der Waals surface area contributed by atoms with Crippen LogP contribution in [0.1, 0.15) is 42.0 Å². The van der Waals surface area contributed by atoms with Gasteiger partial charge < -0.3 is 5.73 Å². The average Bonchev–Trinajstić information content (AvgIpc) is 3.08. The molecule has 0 aliphatic heterocycles. The number of benzene rings is 1. The number of nitrogens with zero attached hydrogens (tertiary/aromatic N) is 2. The molecule has 3 rings (SSSR count). The quantitative estimate of drug-likeness (QED) is 0.840. The molecule has 1 aliphatic rings. The molecule has 1 fully saturated rings. The predicted octanol–water partition coefficient (Wildman–Crippen LogP) is 1.92. The molecule has 0 saturated heterocycles. The normalized spacial score (nSPS) is 17.0. The van der Waals surface area contributed by atoms with Gasteiger partial charge in [-0.1, -0.05) is 30.3 Å². The SMILES string of the molecule is N[C@H](Cc1ccccc1)c1n[nH]c(C2CC2)n1. The first kappa shape index (κ1) is 10.5. The predicted molar refractivity (Wildman–Crippen MR) is 65.4 cm³/mol. The summed E-state index contributed by atoms with van der Waals surface area (Å²) < 4.78 is 0. The molecule has 1 aromatic heterocycles. The first-order valence-electron chi connectivity index (χ1n) is 6.04. The largest absolute Gasteiger partial charge is 0.321 e. The van der Waals surface area contributed by atoms with E-state index in [9.17, 15) is 0 Å². The number of nitrogens with two attached hydrogens (primary N) is 1. The first-order chi connectivity index (χ1) is 8.33. The highest BCUT2D eigenvalue weighted by molar-refractivity contribution is 5.17. The molecule has 1 atom stereocenters. The molecule has 4 nitrogen and oxygen atoms in total. The molecular formula is C13H16N4. The van der Waals surface area contributed by atoms with Crippen LogP contribution in [0.5, 0.6) is 0 Å². The van der Waals surface area contributed by atoms with E-state index in [-0.39, 0.29) is 6.04 Å². The molecule has 1 aliphatic carbocycles. The van der Waals surface area contributed by atoms with Gasteiger partial charge in [-0.15, -0.1) is 0 Å². The third kappa shape index (κ3) is 2.36. The van der Waals surface area contributed by atoms with Crippen molar-refractivity contribution in [2.45, 2.75) is 31.2 Å². The topological polar surface area (TPSA) is 67.6 Å². The Labute approximate surface area is 100 Å². The summed E-state index contributed by atoms with van der Waals surface area (Å²) in [7, 11) is 0.